The van der Waals surface area contributed by atoms with Crippen LogP contribution in [0.1, 0.15) is 17.5 Å². The molecule has 0 heterocycles. The van der Waals surface area contributed by atoms with Crippen molar-refractivity contribution in [2.24, 2.45) is 0 Å². The van der Waals surface area contributed by atoms with Crippen LogP contribution in [0.3, 0.4) is 0 Å². The van der Waals surface area contributed by atoms with Gasteiger partial charge >= 0.3 is 0 Å². The average Bonchev–Trinajstić information content (AvgIpc) is 2.04. The zero-order valence-corrected chi connectivity index (χ0v) is 7.84. The van der Waals surface area contributed by atoms with E-state index in [9.17, 15) is 0 Å². The smallest absolute Gasteiger partial charge is 0.0224 e. The number of fused-ring (bicyclic) bond motifs is 1. The molecule has 0 spiro atoms. The van der Waals surface area contributed by atoms with Crippen molar-refractivity contribution in [3.63, 3.8) is 0 Å². The Bertz CT molecular complexity index is 255. The average molecular weight is 210 g/mol. The number of hydrogen-bond donors (Lipinski definition) is 0. The Kier molecular flexibility index (Phi) is 1.99. The summed E-state index contributed by atoms with van der Waals surface area (Å²) in [5, 5.41) is 0. The topological polar surface area (TPSA) is 0 Å². The number of aryl methyl sites for hydroxylation is 1. The monoisotopic (exact) mass is 209 g/mol. The molecule has 1 heteroatoms. The molecular formula is C10H10Br. The van der Waals surface area contributed by atoms with E-state index in [1.807, 2.05) is 0 Å². The zero-order valence-electron chi connectivity index (χ0n) is 6.26. The molecule has 0 aromatic heterocycles. The maximum Gasteiger partial charge on any atom is 0.0224 e. The second kappa shape index (κ2) is 2.98. The number of alkyl halides is 1. The lowest BCUT2D eigenvalue weighted by atomic mass is 9.92. The van der Waals surface area contributed by atoms with Gasteiger partial charge in [-0.25, -0.2) is 0 Å². The minimum absolute atomic E-state index is 0.581. The van der Waals surface area contributed by atoms with E-state index in [0.29, 0.717) is 4.83 Å². The molecule has 1 aromatic carbocycles. The molecule has 1 radical (unpaired) electrons. The molecule has 11 heavy (non-hydrogen) atoms. The molecule has 0 saturated heterocycles. The Morgan fingerprint density at radius 2 is 2.09 bits per heavy atom. The summed E-state index contributed by atoms with van der Waals surface area (Å²) in [5.41, 5.74) is 2.89. The first kappa shape index (κ1) is 7.35. The Labute approximate surface area is 75.8 Å². The third-order valence-corrected chi connectivity index (χ3v) is 2.83. The number of halogens is 1. The molecule has 0 amide bonds. The van der Waals surface area contributed by atoms with Crippen LogP contribution in [0, 0.1) is 6.42 Å². The second-order valence-electron chi connectivity index (χ2n) is 2.92. The standard InChI is InChI=1S/C10H10Br/c11-10-6-5-8-3-1-2-4-9(8)7-10/h1-4,7,10H,5-6H2. The molecule has 0 fully saturated rings. The van der Waals surface area contributed by atoms with E-state index in [2.05, 4.69) is 46.6 Å². The minimum Gasteiger partial charge on any atom is -0.0884 e. The van der Waals surface area contributed by atoms with Crippen LogP contribution >= 0.6 is 15.9 Å². The second-order valence-corrected chi connectivity index (χ2v) is 4.10. The van der Waals surface area contributed by atoms with Crippen molar-refractivity contribution >= 4 is 15.9 Å². The molecule has 0 bridgehead atoms. The lowest BCUT2D eigenvalue weighted by Gasteiger charge is -2.18. The quantitative estimate of drug-likeness (QED) is 0.577. The molecular weight excluding hydrogens is 200 g/mol. The van der Waals surface area contributed by atoms with Crippen LogP contribution < -0.4 is 0 Å². The van der Waals surface area contributed by atoms with Gasteiger partial charge in [0, 0.05) is 11.2 Å². The van der Waals surface area contributed by atoms with E-state index in [0.717, 1.165) is 0 Å². The molecule has 1 aliphatic carbocycles. The van der Waals surface area contributed by atoms with E-state index in [-0.39, 0.29) is 0 Å². The maximum atomic E-state index is 3.60. The Morgan fingerprint density at radius 1 is 1.27 bits per heavy atom. The van der Waals surface area contributed by atoms with Gasteiger partial charge in [0.05, 0.1) is 0 Å². The molecule has 0 N–H and O–H groups in total. The van der Waals surface area contributed by atoms with E-state index in [1.165, 1.54) is 24.0 Å². The highest BCUT2D eigenvalue weighted by atomic mass is 79.9. The van der Waals surface area contributed by atoms with Gasteiger partial charge in [0.1, 0.15) is 0 Å². The van der Waals surface area contributed by atoms with Crippen molar-refractivity contribution in [3.8, 4) is 0 Å². The summed E-state index contributed by atoms with van der Waals surface area (Å²) in [5.74, 6) is 0. The van der Waals surface area contributed by atoms with Crippen LogP contribution in [0.4, 0.5) is 0 Å². The number of benzene rings is 1. The van der Waals surface area contributed by atoms with Crippen LogP contribution in [0.2, 0.25) is 0 Å². The fourth-order valence-corrected chi connectivity index (χ4v) is 2.01. The van der Waals surface area contributed by atoms with Gasteiger partial charge in [0.15, 0.2) is 0 Å². The molecule has 1 aliphatic rings. The summed E-state index contributed by atoms with van der Waals surface area (Å²) in [4.78, 5) is 0.581. The SMILES string of the molecule is BrC1[CH]c2ccccc2CC1. The fraction of sp³-hybridized carbons (Fsp3) is 0.300. The molecule has 57 valence electrons. The van der Waals surface area contributed by atoms with Gasteiger partial charge in [0.2, 0.25) is 0 Å². The highest BCUT2D eigenvalue weighted by Crippen LogP contribution is 2.26. The van der Waals surface area contributed by atoms with Gasteiger partial charge < -0.3 is 0 Å². The van der Waals surface area contributed by atoms with Gasteiger partial charge in [-0.1, -0.05) is 40.2 Å². The van der Waals surface area contributed by atoms with Crippen LogP contribution in [0.25, 0.3) is 0 Å². The van der Waals surface area contributed by atoms with E-state index in [4.69, 9.17) is 0 Å². The lowest BCUT2D eigenvalue weighted by molar-refractivity contribution is 0.799. The number of rotatable bonds is 0. The summed E-state index contributed by atoms with van der Waals surface area (Å²) >= 11 is 3.60. The normalized spacial score (nSPS) is 22.8. The van der Waals surface area contributed by atoms with Crippen molar-refractivity contribution in [1.29, 1.82) is 0 Å². The largest absolute Gasteiger partial charge is 0.0884 e. The van der Waals surface area contributed by atoms with Crippen molar-refractivity contribution in [2.75, 3.05) is 0 Å². The summed E-state index contributed by atoms with van der Waals surface area (Å²) in [6.45, 7) is 0. The molecule has 0 saturated carbocycles. The molecule has 0 nitrogen and oxygen atoms in total. The van der Waals surface area contributed by atoms with Gasteiger partial charge in [-0.3, -0.25) is 0 Å². The molecule has 0 aliphatic heterocycles. The van der Waals surface area contributed by atoms with Gasteiger partial charge in [-0.15, -0.1) is 0 Å². The lowest BCUT2D eigenvalue weighted by Crippen LogP contribution is -2.10. The van der Waals surface area contributed by atoms with Gasteiger partial charge in [-0.2, -0.15) is 0 Å². The molecule has 1 aromatic rings. The third-order valence-electron chi connectivity index (χ3n) is 2.10. The molecule has 2 rings (SSSR count). The summed E-state index contributed by atoms with van der Waals surface area (Å²) in [6.07, 6.45) is 4.73. The summed E-state index contributed by atoms with van der Waals surface area (Å²) in [6, 6.07) is 8.61. The Morgan fingerprint density at radius 3 is 3.00 bits per heavy atom. The fourth-order valence-electron chi connectivity index (χ4n) is 1.50. The molecule has 1 unspecified atom stereocenters. The Hall–Kier alpha value is -0.300. The highest BCUT2D eigenvalue weighted by molar-refractivity contribution is 9.09. The van der Waals surface area contributed by atoms with Crippen LogP contribution in [0.5, 0.6) is 0 Å². The first-order chi connectivity index (χ1) is 5.36. The minimum atomic E-state index is 0.581. The van der Waals surface area contributed by atoms with Crippen molar-refractivity contribution in [2.45, 2.75) is 17.7 Å². The van der Waals surface area contributed by atoms with Gasteiger partial charge in [0.25, 0.3) is 0 Å². The predicted octanol–water partition coefficient (Wildman–Crippen LogP) is 2.95. The van der Waals surface area contributed by atoms with E-state index in [1.54, 1.807) is 0 Å². The van der Waals surface area contributed by atoms with E-state index < -0.39 is 0 Å². The van der Waals surface area contributed by atoms with Crippen molar-refractivity contribution in [3.05, 3.63) is 41.8 Å². The van der Waals surface area contributed by atoms with Crippen molar-refractivity contribution < 1.29 is 0 Å². The third kappa shape index (κ3) is 1.48. The van der Waals surface area contributed by atoms with Crippen LogP contribution in [0.15, 0.2) is 24.3 Å². The summed E-state index contributed by atoms with van der Waals surface area (Å²) < 4.78 is 0. The van der Waals surface area contributed by atoms with Crippen LogP contribution in [-0.4, -0.2) is 4.83 Å². The number of hydrogen-bond acceptors (Lipinski definition) is 0. The first-order valence-corrected chi connectivity index (χ1v) is 4.85. The Balaban J connectivity index is 2.34. The zero-order chi connectivity index (χ0) is 7.68. The van der Waals surface area contributed by atoms with E-state index >= 15 is 0 Å². The highest BCUT2D eigenvalue weighted by Gasteiger charge is 2.14. The maximum absolute atomic E-state index is 3.60. The summed E-state index contributed by atoms with van der Waals surface area (Å²) in [7, 11) is 0. The van der Waals surface area contributed by atoms with Gasteiger partial charge in [-0.05, 0) is 24.0 Å². The molecule has 1 atom stereocenters. The van der Waals surface area contributed by atoms with Crippen molar-refractivity contribution in [1.82, 2.24) is 0 Å². The predicted molar refractivity (Wildman–Crippen MR) is 50.9 cm³/mol. The van der Waals surface area contributed by atoms with Crippen LogP contribution in [-0.2, 0) is 6.42 Å². The first-order valence-electron chi connectivity index (χ1n) is 3.93.